The van der Waals surface area contributed by atoms with Gasteiger partial charge < -0.3 is 10.0 Å². The van der Waals surface area contributed by atoms with Gasteiger partial charge in [-0.25, -0.2) is 9.78 Å². The molecule has 1 N–H and O–H groups in total. The standard InChI is InChI=1S/C14H18BrN3O2/c15-11-7-12(14(19)20)13(16-8-11)18-5-3-17(4-6-18)9-10-1-2-10/h7-8,10H,1-6,9H2,(H,19,20). The third kappa shape index (κ3) is 3.12. The van der Waals surface area contributed by atoms with Crippen molar-refractivity contribution in [2.75, 3.05) is 37.6 Å². The Hall–Kier alpha value is -1.14. The molecule has 0 unspecified atom stereocenters. The molecule has 1 aliphatic heterocycles. The van der Waals surface area contributed by atoms with Crippen LogP contribution in [0.5, 0.6) is 0 Å². The smallest absolute Gasteiger partial charge is 0.339 e. The van der Waals surface area contributed by atoms with Gasteiger partial charge >= 0.3 is 5.97 Å². The minimum absolute atomic E-state index is 0.273. The van der Waals surface area contributed by atoms with Crippen molar-refractivity contribution in [1.82, 2.24) is 9.88 Å². The monoisotopic (exact) mass is 339 g/mol. The quantitative estimate of drug-likeness (QED) is 0.910. The lowest BCUT2D eigenvalue weighted by Gasteiger charge is -2.35. The van der Waals surface area contributed by atoms with Crippen LogP contribution in [-0.4, -0.2) is 53.7 Å². The lowest BCUT2D eigenvalue weighted by Crippen LogP contribution is -2.47. The molecule has 3 rings (SSSR count). The molecule has 1 saturated heterocycles. The van der Waals surface area contributed by atoms with Gasteiger partial charge in [0.05, 0.1) is 0 Å². The van der Waals surface area contributed by atoms with Crippen LogP contribution in [0.4, 0.5) is 5.82 Å². The molecule has 0 radical (unpaired) electrons. The van der Waals surface area contributed by atoms with E-state index in [1.807, 2.05) is 0 Å². The molecule has 0 amide bonds. The lowest BCUT2D eigenvalue weighted by molar-refractivity contribution is 0.0697. The summed E-state index contributed by atoms with van der Waals surface area (Å²) in [6.45, 7) is 4.89. The van der Waals surface area contributed by atoms with Gasteiger partial charge in [-0.05, 0) is 40.8 Å². The lowest BCUT2D eigenvalue weighted by atomic mass is 10.2. The molecule has 6 heteroatoms. The topological polar surface area (TPSA) is 56.7 Å². The van der Waals surface area contributed by atoms with E-state index in [9.17, 15) is 9.90 Å². The number of rotatable bonds is 4. The van der Waals surface area contributed by atoms with Gasteiger partial charge in [-0.2, -0.15) is 0 Å². The number of hydrogen-bond donors (Lipinski definition) is 1. The Morgan fingerprint density at radius 3 is 2.65 bits per heavy atom. The van der Waals surface area contributed by atoms with Crippen LogP contribution < -0.4 is 4.90 Å². The van der Waals surface area contributed by atoms with Crippen molar-refractivity contribution >= 4 is 27.7 Å². The van der Waals surface area contributed by atoms with Gasteiger partial charge in [0.1, 0.15) is 11.4 Å². The fourth-order valence-corrected chi connectivity index (χ4v) is 2.98. The summed E-state index contributed by atoms with van der Waals surface area (Å²) in [5, 5.41) is 9.30. The first-order chi connectivity index (χ1) is 9.63. The van der Waals surface area contributed by atoms with Gasteiger partial charge in [0.2, 0.25) is 0 Å². The highest BCUT2D eigenvalue weighted by molar-refractivity contribution is 9.10. The highest BCUT2D eigenvalue weighted by atomic mass is 79.9. The molecule has 0 bridgehead atoms. The second-order valence-electron chi connectivity index (χ2n) is 5.56. The Kier molecular flexibility index (Phi) is 3.94. The van der Waals surface area contributed by atoms with Crippen molar-refractivity contribution in [2.24, 2.45) is 5.92 Å². The molecule has 5 nitrogen and oxygen atoms in total. The number of carboxylic acid groups (broad SMARTS) is 1. The predicted molar refractivity (Wildman–Crippen MR) is 80.3 cm³/mol. The summed E-state index contributed by atoms with van der Waals surface area (Å²) in [7, 11) is 0. The zero-order valence-corrected chi connectivity index (χ0v) is 12.8. The zero-order valence-electron chi connectivity index (χ0n) is 11.3. The highest BCUT2D eigenvalue weighted by Gasteiger charge is 2.27. The minimum Gasteiger partial charge on any atom is -0.478 e. The molecular weight excluding hydrogens is 322 g/mol. The summed E-state index contributed by atoms with van der Waals surface area (Å²) in [5.74, 6) is 0.572. The Labute approximate surface area is 126 Å². The normalized spacial score (nSPS) is 20.1. The summed E-state index contributed by atoms with van der Waals surface area (Å²) in [5.41, 5.74) is 0.273. The van der Waals surface area contributed by atoms with Crippen LogP contribution in [-0.2, 0) is 0 Å². The molecule has 0 aromatic carbocycles. The Bertz CT molecular complexity index is 511. The van der Waals surface area contributed by atoms with Crippen LogP contribution in [0, 0.1) is 5.92 Å². The number of nitrogens with zero attached hydrogens (tertiary/aromatic N) is 3. The van der Waals surface area contributed by atoms with E-state index >= 15 is 0 Å². The van der Waals surface area contributed by atoms with Crippen molar-refractivity contribution in [2.45, 2.75) is 12.8 Å². The summed E-state index contributed by atoms with van der Waals surface area (Å²) in [6.07, 6.45) is 4.41. The maximum atomic E-state index is 11.3. The Balaban J connectivity index is 1.69. The SMILES string of the molecule is O=C(O)c1cc(Br)cnc1N1CCN(CC2CC2)CC1. The van der Waals surface area contributed by atoms with E-state index in [2.05, 4.69) is 30.7 Å². The zero-order chi connectivity index (χ0) is 14.1. The average Bonchev–Trinajstić information content (AvgIpc) is 3.24. The van der Waals surface area contributed by atoms with Gasteiger partial charge in [-0.3, -0.25) is 4.90 Å². The number of aromatic nitrogens is 1. The van der Waals surface area contributed by atoms with E-state index in [-0.39, 0.29) is 5.56 Å². The van der Waals surface area contributed by atoms with Crippen LogP contribution in [0.3, 0.4) is 0 Å². The van der Waals surface area contributed by atoms with Gasteiger partial charge in [0.25, 0.3) is 0 Å². The summed E-state index contributed by atoms with van der Waals surface area (Å²) >= 11 is 3.28. The van der Waals surface area contributed by atoms with Crippen molar-refractivity contribution in [1.29, 1.82) is 0 Å². The van der Waals surface area contributed by atoms with Gasteiger partial charge in [-0.15, -0.1) is 0 Å². The van der Waals surface area contributed by atoms with Crippen molar-refractivity contribution in [3.05, 3.63) is 22.3 Å². The predicted octanol–water partition coefficient (Wildman–Crippen LogP) is 2.07. The van der Waals surface area contributed by atoms with E-state index in [1.165, 1.54) is 19.4 Å². The summed E-state index contributed by atoms with van der Waals surface area (Å²) in [4.78, 5) is 20.2. The number of halogens is 1. The second-order valence-corrected chi connectivity index (χ2v) is 6.48. The van der Waals surface area contributed by atoms with Crippen LogP contribution in [0.15, 0.2) is 16.7 Å². The number of piperazine rings is 1. The minimum atomic E-state index is -0.922. The van der Waals surface area contributed by atoms with E-state index in [0.717, 1.165) is 32.1 Å². The third-order valence-electron chi connectivity index (χ3n) is 3.95. The molecule has 1 aromatic rings. The fraction of sp³-hybridized carbons (Fsp3) is 0.571. The first-order valence-electron chi connectivity index (χ1n) is 6.99. The van der Waals surface area contributed by atoms with Crippen LogP contribution in [0.2, 0.25) is 0 Å². The first-order valence-corrected chi connectivity index (χ1v) is 7.79. The molecule has 2 fully saturated rings. The van der Waals surface area contributed by atoms with Crippen LogP contribution in [0.1, 0.15) is 23.2 Å². The van der Waals surface area contributed by atoms with E-state index < -0.39 is 5.97 Å². The van der Waals surface area contributed by atoms with Crippen LogP contribution >= 0.6 is 15.9 Å². The molecule has 0 spiro atoms. The maximum absolute atomic E-state index is 11.3. The Morgan fingerprint density at radius 1 is 1.35 bits per heavy atom. The molecule has 0 atom stereocenters. The summed E-state index contributed by atoms with van der Waals surface area (Å²) < 4.78 is 0.700. The van der Waals surface area contributed by atoms with Crippen molar-refractivity contribution < 1.29 is 9.90 Å². The molecule has 1 aromatic heterocycles. The van der Waals surface area contributed by atoms with Crippen molar-refractivity contribution in [3.8, 4) is 0 Å². The average molecular weight is 340 g/mol. The molecule has 1 aliphatic carbocycles. The second kappa shape index (κ2) is 5.69. The Morgan fingerprint density at radius 2 is 2.05 bits per heavy atom. The van der Waals surface area contributed by atoms with Crippen molar-refractivity contribution in [3.63, 3.8) is 0 Å². The van der Waals surface area contributed by atoms with E-state index in [0.29, 0.717) is 10.3 Å². The number of anilines is 1. The molecule has 2 heterocycles. The number of carboxylic acids is 1. The molecule has 20 heavy (non-hydrogen) atoms. The highest BCUT2D eigenvalue weighted by Crippen LogP contribution is 2.30. The van der Waals surface area contributed by atoms with Gasteiger partial charge in [0.15, 0.2) is 0 Å². The molecule has 2 aliphatic rings. The summed E-state index contributed by atoms with van der Waals surface area (Å²) in [6, 6.07) is 1.63. The molecular formula is C14H18BrN3O2. The number of aromatic carboxylic acids is 1. The number of hydrogen-bond acceptors (Lipinski definition) is 4. The largest absolute Gasteiger partial charge is 0.478 e. The van der Waals surface area contributed by atoms with Gasteiger partial charge in [-0.1, -0.05) is 0 Å². The molecule has 1 saturated carbocycles. The maximum Gasteiger partial charge on any atom is 0.339 e. The van der Waals surface area contributed by atoms with Gasteiger partial charge in [0, 0.05) is 43.4 Å². The third-order valence-corrected chi connectivity index (χ3v) is 4.38. The number of pyridine rings is 1. The van der Waals surface area contributed by atoms with E-state index in [4.69, 9.17) is 0 Å². The first kappa shape index (κ1) is 13.8. The molecule has 108 valence electrons. The van der Waals surface area contributed by atoms with E-state index in [1.54, 1.807) is 12.3 Å². The fourth-order valence-electron chi connectivity index (χ4n) is 2.65. The van der Waals surface area contributed by atoms with Crippen LogP contribution in [0.25, 0.3) is 0 Å². The number of carbonyl (C=O) groups is 1.